The largest absolute Gasteiger partial charge is 0.271 e. The zero-order chi connectivity index (χ0) is 11.2. The first-order chi connectivity index (χ1) is 7.90. The van der Waals surface area contributed by atoms with Gasteiger partial charge in [0.15, 0.2) is 0 Å². The van der Waals surface area contributed by atoms with E-state index in [9.17, 15) is 0 Å². The highest BCUT2D eigenvalue weighted by atomic mass is 15.2. The molecule has 0 bridgehead atoms. The number of hydrogen-bond acceptors (Lipinski definition) is 4. The molecule has 4 nitrogen and oxygen atoms in total. The molecule has 0 aliphatic rings. The van der Waals surface area contributed by atoms with Crippen LogP contribution in [0, 0.1) is 0 Å². The summed E-state index contributed by atoms with van der Waals surface area (Å²) >= 11 is 0. The van der Waals surface area contributed by atoms with Gasteiger partial charge in [0.2, 0.25) is 0 Å². The van der Waals surface area contributed by atoms with Crippen molar-refractivity contribution in [2.24, 2.45) is 5.84 Å². The monoisotopic (exact) mass is 214 g/mol. The SMILES string of the molecule is NNC(Cc1ccncc1)c1ccccn1. The van der Waals surface area contributed by atoms with Crippen molar-refractivity contribution in [1.82, 2.24) is 15.4 Å². The Kier molecular flexibility index (Phi) is 3.58. The number of pyridine rings is 2. The van der Waals surface area contributed by atoms with Gasteiger partial charge in [0.1, 0.15) is 0 Å². The molecule has 0 radical (unpaired) electrons. The van der Waals surface area contributed by atoms with Crippen molar-refractivity contribution in [1.29, 1.82) is 0 Å². The molecular weight excluding hydrogens is 200 g/mol. The average molecular weight is 214 g/mol. The third-order valence-electron chi connectivity index (χ3n) is 2.44. The van der Waals surface area contributed by atoms with E-state index in [4.69, 9.17) is 5.84 Å². The van der Waals surface area contributed by atoms with Gasteiger partial charge in [-0.3, -0.25) is 21.2 Å². The smallest absolute Gasteiger partial charge is 0.0672 e. The topological polar surface area (TPSA) is 63.8 Å². The van der Waals surface area contributed by atoms with Gasteiger partial charge in [-0.15, -0.1) is 0 Å². The molecule has 1 unspecified atom stereocenters. The number of nitrogens with two attached hydrogens (primary N) is 1. The molecule has 0 amide bonds. The molecule has 2 aromatic rings. The minimum absolute atomic E-state index is 0.0311. The van der Waals surface area contributed by atoms with E-state index in [0.717, 1.165) is 12.1 Å². The summed E-state index contributed by atoms with van der Waals surface area (Å²) in [5, 5.41) is 0. The average Bonchev–Trinajstić information content (AvgIpc) is 2.38. The lowest BCUT2D eigenvalue weighted by Crippen LogP contribution is -2.30. The Morgan fingerprint density at radius 1 is 1.12 bits per heavy atom. The number of nitrogens with one attached hydrogen (secondary N) is 1. The van der Waals surface area contributed by atoms with Crippen molar-refractivity contribution in [3.63, 3.8) is 0 Å². The molecule has 0 aromatic carbocycles. The van der Waals surface area contributed by atoms with Crippen LogP contribution in [-0.2, 0) is 6.42 Å². The molecule has 4 heteroatoms. The Morgan fingerprint density at radius 2 is 1.94 bits per heavy atom. The first-order valence-corrected chi connectivity index (χ1v) is 5.16. The predicted molar refractivity (Wildman–Crippen MR) is 62.2 cm³/mol. The van der Waals surface area contributed by atoms with E-state index >= 15 is 0 Å². The van der Waals surface area contributed by atoms with E-state index < -0.39 is 0 Å². The number of rotatable bonds is 4. The van der Waals surface area contributed by atoms with Gasteiger partial charge in [-0.2, -0.15) is 0 Å². The van der Waals surface area contributed by atoms with Crippen LogP contribution in [0.1, 0.15) is 17.3 Å². The van der Waals surface area contributed by atoms with E-state index in [1.54, 1.807) is 18.6 Å². The molecule has 2 aromatic heterocycles. The third kappa shape index (κ3) is 2.62. The number of hydrogen-bond donors (Lipinski definition) is 2. The second kappa shape index (κ2) is 5.34. The van der Waals surface area contributed by atoms with Gasteiger partial charge in [-0.05, 0) is 36.2 Å². The van der Waals surface area contributed by atoms with Gasteiger partial charge in [0.05, 0.1) is 11.7 Å². The Bertz CT molecular complexity index is 416. The first-order valence-electron chi connectivity index (χ1n) is 5.16. The molecular formula is C12H14N4. The highest BCUT2D eigenvalue weighted by molar-refractivity contribution is 5.16. The van der Waals surface area contributed by atoms with Gasteiger partial charge in [-0.25, -0.2) is 0 Å². The van der Waals surface area contributed by atoms with Crippen LogP contribution < -0.4 is 11.3 Å². The molecule has 2 heterocycles. The maximum Gasteiger partial charge on any atom is 0.0672 e. The van der Waals surface area contributed by atoms with E-state index in [2.05, 4.69) is 15.4 Å². The fourth-order valence-corrected chi connectivity index (χ4v) is 1.59. The Labute approximate surface area is 94.5 Å². The van der Waals surface area contributed by atoms with Crippen molar-refractivity contribution < 1.29 is 0 Å². The summed E-state index contributed by atoms with van der Waals surface area (Å²) in [6, 6.07) is 9.80. The van der Waals surface area contributed by atoms with Crippen LogP contribution in [0.25, 0.3) is 0 Å². The highest BCUT2D eigenvalue weighted by Crippen LogP contribution is 2.14. The van der Waals surface area contributed by atoms with Crippen LogP contribution in [0.5, 0.6) is 0 Å². The lowest BCUT2D eigenvalue weighted by Gasteiger charge is -2.14. The molecule has 16 heavy (non-hydrogen) atoms. The van der Waals surface area contributed by atoms with Gasteiger partial charge >= 0.3 is 0 Å². The van der Waals surface area contributed by atoms with Crippen LogP contribution in [0.15, 0.2) is 48.9 Å². The van der Waals surface area contributed by atoms with Crippen molar-refractivity contribution >= 4 is 0 Å². The normalized spacial score (nSPS) is 12.3. The zero-order valence-corrected chi connectivity index (χ0v) is 8.88. The molecule has 1 atom stereocenters. The summed E-state index contributed by atoms with van der Waals surface area (Å²) in [5.41, 5.74) is 4.91. The minimum Gasteiger partial charge on any atom is -0.271 e. The van der Waals surface area contributed by atoms with Gasteiger partial charge < -0.3 is 0 Å². The molecule has 0 fully saturated rings. The van der Waals surface area contributed by atoms with Crippen LogP contribution in [0.4, 0.5) is 0 Å². The van der Waals surface area contributed by atoms with Crippen LogP contribution >= 0.6 is 0 Å². The lowest BCUT2D eigenvalue weighted by atomic mass is 10.0. The summed E-state index contributed by atoms with van der Waals surface area (Å²) in [6.07, 6.45) is 6.13. The minimum atomic E-state index is 0.0311. The van der Waals surface area contributed by atoms with Crippen LogP contribution in [-0.4, -0.2) is 9.97 Å². The Morgan fingerprint density at radius 3 is 2.56 bits per heavy atom. The zero-order valence-electron chi connectivity index (χ0n) is 8.88. The second-order valence-electron chi connectivity index (χ2n) is 3.53. The van der Waals surface area contributed by atoms with Crippen molar-refractivity contribution in [2.75, 3.05) is 0 Å². The number of nitrogens with zero attached hydrogens (tertiary/aromatic N) is 2. The van der Waals surface area contributed by atoms with E-state index in [-0.39, 0.29) is 6.04 Å². The molecule has 0 saturated heterocycles. The fraction of sp³-hybridized carbons (Fsp3) is 0.167. The van der Waals surface area contributed by atoms with E-state index in [1.165, 1.54) is 5.56 Å². The fourth-order valence-electron chi connectivity index (χ4n) is 1.59. The lowest BCUT2D eigenvalue weighted by molar-refractivity contribution is 0.538. The Balaban J connectivity index is 2.13. The quantitative estimate of drug-likeness (QED) is 0.593. The maximum absolute atomic E-state index is 5.55. The summed E-state index contributed by atoms with van der Waals surface area (Å²) < 4.78 is 0. The Hall–Kier alpha value is -1.78. The summed E-state index contributed by atoms with van der Waals surface area (Å²) in [6.45, 7) is 0. The van der Waals surface area contributed by atoms with E-state index in [1.807, 2.05) is 30.3 Å². The molecule has 2 rings (SSSR count). The second-order valence-corrected chi connectivity index (χ2v) is 3.53. The van der Waals surface area contributed by atoms with E-state index in [0.29, 0.717) is 0 Å². The van der Waals surface area contributed by atoms with Crippen LogP contribution in [0.2, 0.25) is 0 Å². The van der Waals surface area contributed by atoms with Crippen LogP contribution in [0.3, 0.4) is 0 Å². The van der Waals surface area contributed by atoms with Crippen molar-refractivity contribution in [3.05, 3.63) is 60.2 Å². The van der Waals surface area contributed by atoms with Gasteiger partial charge in [0, 0.05) is 18.6 Å². The molecule has 0 spiro atoms. The van der Waals surface area contributed by atoms with Crippen molar-refractivity contribution in [2.45, 2.75) is 12.5 Å². The summed E-state index contributed by atoms with van der Waals surface area (Å²) in [7, 11) is 0. The maximum atomic E-state index is 5.55. The molecule has 0 aliphatic heterocycles. The standard InChI is InChI=1S/C12H14N4/c13-16-12(11-3-1-2-6-15-11)9-10-4-7-14-8-5-10/h1-8,12,16H,9,13H2. The van der Waals surface area contributed by atoms with Gasteiger partial charge in [-0.1, -0.05) is 6.07 Å². The summed E-state index contributed by atoms with van der Waals surface area (Å²) in [5.74, 6) is 5.55. The molecule has 3 N–H and O–H groups in total. The van der Waals surface area contributed by atoms with Gasteiger partial charge in [0.25, 0.3) is 0 Å². The third-order valence-corrected chi connectivity index (χ3v) is 2.44. The summed E-state index contributed by atoms with van der Waals surface area (Å²) in [4.78, 5) is 8.27. The van der Waals surface area contributed by atoms with Crippen molar-refractivity contribution in [3.8, 4) is 0 Å². The molecule has 82 valence electrons. The number of aromatic nitrogens is 2. The molecule has 0 saturated carbocycles. The number of hydrazine groups is 1. The first kappa shape index (κ1) is 10.7. The molecule has 0 aliphatic carbocycles. The highest BCUT2D eigenvalue weighted by Gasteiger charge is 2.10. The predicted octanol–water partition coefficient (Wildman–Crippen LogP) is 1.22.